The molecule has 0 amide bonds. The van der Waals surface area contributed by atoms with E-state index in [1.165, 1.54) is 0 Å². The molecule has 0 aromatic carbocycles. The Morgan fingerprint density at radius 2 is 0.729 bits per heavy atom. The van der Waals surface area contributed by atoms with Gasteiger partial charge in [-0.2, -0.15) is 0 Å². The molecular weight excluding hydrogens is 652 g/mol. The standard InChI is InChI=1S/C27H52N4O17/c1-7(2)44-27-15(31)23(40)19(36)11(48-27)6-43-26-14(30)22(39)18(35)10(47-26)5-42-25-13(29)21(38)17(34)9(46-25)4-41-24-12(28)20(37)16(33)8(3-32)45-24/h7-27,32-40H,3-6,28-31H2,1-2H3. The third-order valence-corrected chi connectivity index (χ3v) is 8.85. The van der Waals surface area contributed by atoms with E-state index in [0.29, 0.717) is 0 Å². The van der Waals surface area contributed by atoms with Gasteiger partial charge in [0.05, 0.1) is 56.7 Å². The van der Waals surface area contributed by atoms with Gasteiger partial charge in [0.15, 0.2) is 25.2 Å². The van der Waals surface area contributed by atoms with Gasteiger partial charge in [0.2, 0.25) is 0 Å². The average molecular weight is 705 g/mol. The van der Waals surface area contributed by atoms with Crippen LogP contribution in [0.15, 0.2) is 0 Å². The normalized spacial score (nSPS) is 50.5. The first-order valence-corrected chi connectivity index (χ1v) is 15.8. The van der Waals surface area contributed by atoms with Gasteiger partial charge < -0.3 is 107 Å². The van der Waals surface area contributed by atoms with Crippen molar-refractivity contribution in [2.24, 2.45) is 22.9 Å². The first-order valence-electron chi connectivity index (χ1n) is 15.8. The van der Waals surface area contributed by atoms with Gasteiger partial charge in [-0.15, -0.1) is 0 Å². The number of ether oxygens (including phenoxy) is 8. The van der Waals surface area contributed by atoms with E-state index in [-0.39, 0.29) is 12.7 Å². The van der Waals surface area contributed by atoms with Crippen LogP contribution in [0.3, 0.4) is 0 Å². The Bertz CT molecular complexity index is 993. The van der Waals surface area contributed by atoms with Crippen molar-refractivity contribution in [3.8, 4) is 0 Å². The summed E-state index contributed by atoms with van der Waals surface area (Å²) in [5, 5.41) is 92.9. The monoisotopic (exact) mass is 704 g/mol. The second kappa shape index (κ2) is 17.1. The number of nitrogens with two attached hydrogens (primary N) is 4. The zero-order chi connectivity index (χ0) is 35.6. The minimum Gasteiger partial charge on any atom is -0.394 e. The predicted octanol–water partition coefficient (Wildman–Crippen LogP) is -8.45. The van der Waals surface area contributed by atoms with Crippen LogP contribution in [0.25, 0.3) is 0 Å². The number of hydrogen-bond donors (Lipinski definition) is 13. The highest BCUT2D eigenvalue weighted by Crippen LogP contribution is 2.28. The molecule has 0 saturated carbocycles. The van der Waals surface area contributed by atoms with E-state index < -0.39 is 142 Å². The summed E-state index contributed by atoms with van der Waals surface area (Å²) in [5.74, 6) is 0. The third-order valence-electron chi connectivity index (χ3n) is 8.85. The first-order chi connectivity index (χ1) is 22.6. The maximum absolute atomic E-state index is 10.7. The molecule has 4 heterocycles. The van der Waals surface area contributed by atoms with Crippen molar-refractivity contribution in [3.05, 3.63) is 0 Å². The van der Waals surface area contributed by atoms with E-state index in [0.717, 1.165) is 0 Å². The lowest BCUT2D eigenvalue weighted by Crippen LogP contribution is -2.66. The molecule has 20 atom stereocenters. The topological polar surface area (TPSA) is 360 Å². The lowest BCUT2D eigenvalue weighted by atomic mass is 9.96. The van der Waals surface area contributed by atoms with Gasteiger partial charge in [-0.3, -0.25) is 0 Å². The van der Waals surface area contributed by atoms with Crippen molar-refractivity contribution in [2.45, 2.75) is 143 Å². The lowest BCUT2D eigenvalue weighted by molar-refractivity contribution is -0.319. The molecule has 0 aromatic heterocycles. The molecule has 21 nitrogen and oxygen atoms in total. The van der Waals surface area contributed by atoms with Crippen LogP contribution in [0.5, 0.6) is 0 Å². The van der Waals surface area contributed by atoms with Crippen LogP contribution in [0.4, 0.5) is 0 Å². The molecule has 0 spiro atoms. The number of rotatable bonds is 12. The molecule has 0 aliphatic carbocycles. The quantitative estimate of drug-likeness (QED) is 0.0896. The van der Waals surface area contributed by atoms with Crippen molar-refractivity contribution in [1.82, 2.24) is 0 Å². The summed E-state index contributed by atoms with van der Waals surface area (Å²) in [4.78, 5) is 0. The fraction of sp³-hybridized carbons (Fsp3) is 1.00. The van der Waals surface area contributed by atoms with Gasteiger partial charge in [-0.05, 0) is 13.8 Å². The summed E-state index contributed by atoms with van der Waals surface area (Å²) in [6.45, 7) is 1.49. The van der Waals surface area contributed by atoms with Gasteiger partial charge in [0.25, 0.3) is 0 Å². The zero-order valence-corrected chi connectivity index (χ0v) is 26.6. The maximum atomic E-state index is 10.7. The van der Waals surface area contributed by atoms with Gasteiger partial charge in [-0.1, -0.05) is 0 Å². The predicted molar refractivity (Wildman–Crippen MR) is 156 cm³/mol. The van der Waals surface area contributed by atoms with E-state index in [2.05, 4.69) is 0 Å². The smallest absolute Gasteiger partial charge is 0.176 e. The largest absolute Gasteiger partial charge is 0.394 e. The van der Waals surface area contributed by atoms with Gasteiger partial charge in [0.1, 0.15) is 73.2 Å². The molecule has 0 bridgehead atoms. The molecular formula is C27H52N4O17. The van der Waals surface area contributed by atoms with E-state index in [1.807, 2.05) is 0 Å². The van der Waals surface area contributed by atoms with E-state index in [4.69, 9.17) is 60.8 Å². The van der Waals surface area contributed by atoms with Crippen LogP contribution in [-0.4, -0.2) is 201 Å². The minimum atomic E-state index is -1.59. The average Bonchev–Trinajstić information content (AvgIpc) is 3.05. The highest BCUT2D eigenvalue weighted by Gasteiger charge is 2.49. The second-order valence-electron chi connectivity index (χ2n) is 12.8. The van der Waals surface area contributed by atoms with Crippen LogP contribution in [0.1, 0.15) is 13.8 Å². The molecule has 48 heavy (non-hydrogen) atoms. The van der Waals surface area contributed by atoms with E-state index in [9.17, 15) is 46.0 Å². The lowest BCUT2D eigenvalue weighted by Gasteiger charge is -2.45. The Morgan fingerprint density at radius 1 is 0.458 bits per heavy atom. The summed E-state index contributed by atoms with van der Waals surface area (Å²) in [6, 6.07) is -4.84. The Hall–Kier alpha value is -0.840. The second-order valence-corrected chi connectivity index (χ2v) is 12.8. The van der Waals surface area contributed by atoms with E-state index >= 15 is 0 Å². The Kier molecular flexibility index (Phi) is 14.2. The Balaban J connectivity index is 1.34. The number of hydrogen-bond acceptors (Lipinski definition) is 21. The minimum absolute atomic E-state index is 0.307. The van der Waals surface area contributed by atoms with Crippen LogP contribution in [-0.2, 0) is 37.9 Å². The molecule has 4 rings (SSSR count). The summed E-state index contributed by atoms with van der Waals surface area (Å²) in [7, 11) is 0. The molecule has 4 saturated heterocycles. The molecule has 20 unspecified atom stereocenters. The Labute approximate surface area is 276 Å². The fourth-order valence-corrected chi connectivity index (χ4v) is 5.78. The molecule has 0 aromatic rings. The Morgan fingerprint density at radius 3 is 1.04 bits per heavy atom. The highest BCUT2D eigenvalue weighted by molar-refractivity contribution is 4.96. The highest BCUT2D eigenvalue weighted by atomic mass is 16.7. The number of aliphatic hydroxyl groups excluding tert-OH is 9. The molecule has 17 N–H and O–H groups in total. The van der Waals surface area contributed by atoms with Crippen molar-refractivity contribution < 1.29 is 83.9 Å². The van der Waals surface area contributed by atoms with E-state index in [1.54, 1.807) is 13.8 Å². The van der Waals surface area contributed by atoms with Gasteiger partial charge >= 0.3 is 0 Å². The number of aliphatic hydroxyl groups is 9. The summed E-state index contributed by atoms with van der Waals surface area (Å²) >= 11 is 0. The van der Waals surface area contributed by atoms with Crippen molar-refractivity contribution >= 4 is 0 Å². The maximum Gasteiger partial charge on any atom is 0.176 e. The fourth-order valence-electron chi connectivity index (χ4n) is 5.78. The first kappa shape index (κ1) is 39.9. The molecule has 4 aliphatic rings. The SMILES string of the molecule is CC(C)OC1OC(COC2OC(COC3OC(COC4OC(CO)C(O)C(O)C4N)C(O)C(O)C3N)C(O)C(O)C2N)C(O)C(O)C1N. The third kappa shape index (κ3) is 8.78. The molecule has 21 heteroatoms. The summed E-state index contributed by atoms with van der Waals surface area (Å²) < 4.78 is 45.1. The van der Waals surface area contributed by atoms with Gasteiger partial charge in [-0.25, -0.2) is 0 Å². The summed E-state index contributed by atoms with van der Waals surface area (Å²) in [5.41, 5.74) is 23.9. The van der Waals surface area contributed by atoms with Crippen molar-refractivity contribution in [3.63, 3.8) is 0 Å². The van der Waals surface area contributed by atoms with Crippen LogP contribution in [0.2, 0.25) is 0 Å². The van der Waals surface area contributed by atoms with Crippen molar-refractivity contribution in [1.29, 1.82) is 0 Å². The molecule has 0 radical (unpaired) electrons. The molecule has 282 valence electrons. The zero-order valence-electron chi connectivity index (χ0n) is 26.6. The molecule has 4 fully saturated rings. The van der Waals surface area contributed by atoms with Crippen molar-refractivity contribution in [2.75, 3.05) is 26.4 Å². The van der Waals surface area contributed by atoms with Crippen LogP contribution in [0, 0.1) is 0 Å². The summed E-state index contributed by atoms with van der Waals surface area (Å²) in [6.07, 6.45) is -22.5. The van der Waals surface area contributed by atoms with Crippen LogP contribution < -0.4 is 22.9 Å². The van der Waals surface area contributed by atoms with Crippen LogP contribution >= 0.6 is 0 Å². The van der Waals surface area contributed by atoms with Gasteiger partial charge in [0, 0.05) is 0 Å². The molecule has 4 aliphatic heterocycles.